The van der Waals surface area contributed by atoms with Crippen LogP contribution in [0.5, 0.6) is 0 Å². The summed E-state index contributed by atoms with van der Waals surface area (Å²) >= 11 is 6.34. The Morgan fingerprint density at radius 2 is 2.12 bits per heavy atom. The predicted octanol–water partition coefficient (Wildman–Crippen LogP) is 1.29. The summed E-state index contributed by atoms with van der Waals surface area (Å²) in [6.07, 6.45) is 0. The second kappa shape index (κ2) is 4.06. The van der Waals surface area contributed by atoms with Gasteiger partial charge in [0, 0.05) is 6.07 Å². The van der Waals surface area contributed by atoms with Crippen molar-refractivity contribution >= 4 is 61.4 Å². The molecule has 5 heteroatoms. The Balaban J connectivity index is 0.000000490. The summed E-state index contributed by atoms with van der Waals surface area (Å²) in [5, 5.41) is 6.45. The van der Waals surface area contributed by atoms with E-state index in [1.807, 2.05) is 6.07 Å². The minimum atomic E-state index is 0. The Hall–Kier alpha value is 1.17. The third kappa shape index (κ3) is 2.64. The number of hydrogen-bond acceptors (Lipinski definition) is 1. The maximum atomic E-state index is 3.76. The van der Waals surface area contributed by atoms with Crippen LogP contribution in [0.25, 0.3) is 0 Å². The van der Waals surface area contributed by atoms with Crippen LogP contribution < -0.4 is 0 Å². The molecule has 1 heterocycles. The van der Waals surface area contributed by atoms with Gasteiger partial charge in [-0.15, -0.1) is 0 Å². The molecule has 0 fully saturated rings. The fourth-order valence-electron chi connectivity index (χ4n) is 0.276. The fourth-order valence-corrected chi connectivity index (χ4v) is 1.21. The van der Waals surface area contributed by atoms with Crippen molar-refractivity contribution in [1.82, 2.24) is 10.2 Å². The van der Waals surface area contributed by atoms with Gasteiger partial charge in [-0.25, -0.2) is 0 Å². The van der Waals surface area contributed by atoms with Crippen molar-refractivity contribution in [3.63, 3.8) is 0 Å². The maximum absolute atomic E-state index is 3.76. The molecule has 40 valence electrons. The van der Waals surface area contributed by atoms with Crippen molar-refractivity contribution < 1.29 is 0 Å². The Labute approximate surface area is 86.0 Å². The summed E-state index contributed by atoms with van der Waals surface area (Å²) in [6.45, 7) is 0. The van der Waals surface area contributed by atoms with Gasteiger partial charge < -0.3 is 0 Å². The summed E-state index contributed by atoms with van der Waals surface area (Å²) in [6, 6.07) is 1.83. The van der Waals surface area contributed by atoms with E-state index in [4.69, 9.17) is 0 Å². The van der Waals surface area contributed by atoms with Crippen LogP contribution in [0.4, 0.5) is 0 Å². The van der Waals surface area contributed by atoms with Crippen molar-refractivity contribution in [3.8, 4) is 0 Å². The molecular formula is C3H3Br2N2Na. The summed E-state index contributed by atoms with van der Waals surface area (Å²) in [5.74, 6) is 0. The molecule has 0 saturated heterocycles. The second-order valence-corrected chi connectivity index (χ2v) is 2.71. The fraction of sp³-hybridized carbons (Fsp3) is 0. The number of rotatable bonds is 0. The predicted molar refractivity (Wildman–Crippen MR) is 41.1 cm³/mol. The zero-order valence-electron chi connectivity index (χ0n) is 3.28. The van der Waals surface area contributed by atoms with Crippen LogP contribution >= 0.6 is 31.9 Å². The zero-order valence-corrected chi connectivity index (χ0v) is 6.45. The first-order valence-electron chi connectivity index (χ1n) is 1.65. The van der Waals surface area contributed by atoms with Crippen molar-refractivity contribution in [3.05, 3.63) is 15.3 Å². The van der Waals surface area contributed by atoms with Gasteiger partial charge in [0.15, 0.2) is 0 Å². The molecule has 0 unspecified atom stereocenters. The Morgan fingerprint density at radius 3 is 2.25 bits per heavy atom. The SMILES string of the molecule is Brc1cc(Br)[nH]n1.[NaH]. The van der Waals surface area contributed by atoms with Gasteiger partial charge in [-0.3, -0.25) is 5.10 Å². The van der Waals surface area contributed by atoms with Gasteiger partial charge in [0.1, 0.15) is 9.21 Å². The average Bonchev–Trinajstić information content (AvgIpc) is 1.87. The summed E-state index contributed by atoms with van der Waals surface area (Å²) in [7, 11) is 0. The molecule has 0 aromatic carbocycles. The van der Waals surface area contributed by atoms with Crippen LogP contribution in [0.3, 0.4) is 0 Å². The Kier molecular flexibility index (Phi) is 4.65. The molecule has 0 bridgehead atoms. The molecule has 1 aromatic rings. The van der Waals surface area contributed by atoms with E-state index in [9.17, 15) is 0 Å². The van der Waals surface area contributed by atoms with Crippen molar-refractivity contribution in [2.75, 3.05) is 0 Å². The monoisotopic (exact) mass is 248 g/mol. The summed E-state index contributed by atoms with van der Waals surface area (Å²) < 4.78 is 1.71. The standard InChI is InChI=1S/C3H2Br2N2.Na.H/c4-2-1-3(5)7-6-2;;/h1H,(H,6,7);;. The van der Waals surface area contributed by atoms with Crippen LogP contribution in [-0.2, 0) is 0 Å². The first kappa shape index (κ1) is 9.17. The molecule has 0 radical (unpaired) electrons. The zero-order chi connectivity index (χ0) is 5.28. The van der Waals surface area contributed by atoms with Gasteiger partial charge in [0.2, 0.25) is 0 Å². The van der Waals surface area contributed by atoms with Gasteiger partial charge >= 0.3 is 29.6 Å². The molecule has 0 aliphatic heterocycles. The Bertz CT molecular complexity index is 148. The van der Waals surface area contributed by atoms with Crippen LogP contribution in [0, 0.1) is 0 Å². The van der Waals surface area contributed by atoms with Crippen LogP contribution in [0.1, 0.15) is 0 Å². The number of nitrogens with one attached hydrogen (secondary N) is 1. The molecule has 0 spiro atoms. The third-order valence-electron chi connectivity index (χ3n) is 0.515. The summed E-state index contributed by atoms with van der Waals surface area (Å²) in [4.78, 5) is 0. The van der Waals surface area contributed by atoms with Gasteiger partial charge in [-0.05, 0) is 31.9 Å². The van der Waals surface area contributed by atoms with Crippen LogP contribution in [0.2, 0.25) is 0 Å². The van der Waals surface area contributed by atoms with E-state index in [1.165, 1.54) is 0 Å². The van der Waals surface area contributed by atoms with E-state index >= 15 is 0 Å². The number of hydrogen-bond donors (Lipinski definition) is 1. The molecular weight excluding hydrogens is 247 g/mol. The second-order valence-electron chi connectivity index (χ2n) is 1.04. The van der Waals surface area contributed by atoms with Gasteiger partial charge in [-0.1, -0.05) is 0 Å². The molecule has 1 aromatic heterocycles. The number of halogens is 2. The number of nitrogens with zero attached hydrogens (tertiary/aromatic N) is 1. The molecule has 2 nitrogen and oxygen atoms in total. The van der Waals surface area contributed by atoms with Gasteiger partial charge in [0.05, 0.1) is 0 Å². The van der Waals surface area contributed by atoms with E-state index < -0.39 is 0 Å². The summed E-state index contributed by atoms with van der Waals surface area (Å²) in [5.41, 5.74) is 0. The number of aromatic nitrogens is 2. The van der Waals surface area contributed by atoms with Crippen molar-refractivity contribution in [1.29, 1.82) is 0 Å². The molecule has 1 N–H and O–H groups in total. The normalized spacial score (nSPS) is 8.25. The first-order chi connectivity index (χ1) is 3.29. The van der Waals surface area contributed by atoms with Gasteiger partial charge in [-0.2, -0.15) is 5.10 Å². The van der Waals surface area contributed by atoms with Gasteiger partial charge in [0.25, 0.3) is 0 Å². The molecule has 0 saturated carbocycles. The molecule has 0 atom stereocenters. The molecule has 0 aliphatic carbocycles. The van der Waals surface area contributed by atoms with Crippen molar-refractivity contribution in [2.45, 2.75) is 0 Å². The molecule has 0 amide bonds. The third-order valence-corrected chi connectivity index (χ3v) is 1.33. The quantitative estimate of drug-likeness (QED) is 0.690. The molecule has 8 heavy (non-hydrogen) atoms. The van der Waals surface area contributed by atoms with E-state index in [0.29, 0.717) is 0 Å². The number of aromatic amines is 1. The van der Waals surface area contributed by atoms with Crippen LogP contribution in [0.15, 0.2) is 15.3 Å². The van der Waals surface area contributed by atoms with E-state index in [1.54, 1.807) is 0 Å². The van der Waals surface area contributed by atoms with Crippen LogP contribution in [-0.4, -0.2) is 39.8 Å². The number of H-pyrrole nitrogens is 1. The van der Waals surface area contributed by atoms with Crippen molar-refractivity contribution in [2.24, 2.45) is 0 Å². The molecule has 1 rings (SSSR count). The average molecular weight is 250 g/mol. The minimum absolute atomic E-state index is 0. The van der Waals surface area contributed by atoms with E-state index in [2.05, 4.69) is 42.1 Å². The first-order valence-corrected chi connectivity index (χ1v) is 3.24. The molecule has 0 aliphatic rings. The van der Waals surface area contributed by atoms with E-state index in [-0.39, 0.29) is 29.6 Å². The Morgan fingerprint density at radius 1 is 1.50 bits per heavy atom. The topological polar surface area (TPSA) is 28.7 Å². The van der Waals surface area contributed by atoms with E-state index in [0.717, 1.165) is 9.21 Å².